The molecule has 2 aromatic carbocycles. The molecule has 0 aliphatic carbocycles. The minimum Gasteiger partial charge on any atom is -0.505 e. The van der Waals surface area contributed by atoms with E-state index in [0.29, 0.717) is 28.2 Å². The number of aliphatic carboxylic acids is 1. The number of aryl methyl sites for hydroxylation is 2. The van der Waals surface area contributed by atoms with Crippen LogP contribution < -0.4 is 25.7 Å². The van der Waals surface area contributed by atoms with Crippen molar-refractivity contribution in [3.05, 3.63) is 70.1 Å². The summed E-state index contributed by atoms with van der Waals surface area (Å²) < 4.78 is 12.0. The van der Waals surface area contributed by atoms with E-state index in [2.05, 4.69) is 10.6 Å². The van der Waals surface area contributed by atoms with E-state index in [1.54, 1.807) is 38.3 Å². The first-order chi connectivity index (χ1) is 16.6. The van der Waals surface area contributed by atoms with Crippen molar-refractivity contribution < 1.29 is 29.3 Å². The Bertz CT molecular complexity index is 1320. The molecule has 1 heterocycles. The maximum Gasteiger partial charge on any atom is 0.319 e. The molecule has 0 radical (unpaired) electrons. The second kappa shape index (κ2) is 10.6. The quantitative estimate of drug-likeness (QED) is 0.387. The van der Waals surface area contributed by atoms with Crippen molar-refractivity contribution in [3.8, 4) is 28.4 Å². The molecule has 0 aliphatic rings. The molecule has 0 spiro atoms. The predicted octanol–water partition coefficient (Wildman–Crippen LogP) is 3.42. The number of nitrogens with one attached hydrogen (secondary N) is 2. The molecule has 10 heteroatoms. The number of hydrogen-bond acceptors (Lipinski definition) is 6. The van der Waals surface area contributed by atoms with Gasteiger partial charge in [-0.1, -0.05) is 18.2 Å². The maximum atomic E-state index is 12.8. The van der Waals surface area contributed by atoms with Crippen molar-refractivity contribution in [2.75, 3.05) is 19.5 Å². The van der Waals surface area contributed by atoms with Gasteiger partial charge in [0.25, 0.3) is 5.56 Å². The fraction of sp³-hybridized carbons (Fsp3) is 0.240. The van der Waals surface area contributed by atoms with Crippen LogP contribution in [0, 0.1) is 6.92 Å². The van der Waals surface area contributed by atoms with Gasteiger partial charge in [0.2, 0.25) is 0 Å². The van der Waals surface area contributed by atoms with Gasteiger partial charge in [-0.3, -0.25) is 9.59 Å². The SMILES string of the molecule is COc1cccc(-c2cc([C@H](CC(=O)O)NC(=O)Nc3c(O)c(C)cn(C)c3=O)ccc2OC)c1. The highest BCUT2D eigenvalue weighted by Gasteiger charge is 2.22. The summed E-state index contributed by atoms with van der Waals surface area (Å²) in [4.78, 5) is 36.7. The standard InChI is InChI=1S/C25H27N3O7/c1-14-13-28(2)24(32)22(23(14)31)27-25(33)26-19(12-21(29)30)16-8-9-20(35-4)18(11-16)15-6-5-7-17(10-15)34-3/h5-11,13,19,31H,12H2,1-4H3,(H,29,30)(H2,26,27,33)/t19-/m0/s1. The van der Waals surface area contributed by atoms with Crippen LogP contribution in [-0.2, 0) is 11.8 Å². The number of pyridine rings is 1. The zero-order valence-electron chi connectivity index (χ0n) is 19.8. The average molecular weight is 482 g/mol. The van der Waals surface area contributed by atoms with Crippen LogP contribution in [0.25, 0.3) is 11.1 Å². The number of benzene rings is 2. The third-order valence-corrected chi connectivity index (χ3v) is 5.46. The van der Waals surface area contributed by atoms with Crippen LogP contribution >= 0.6 is 0 Å². The molecule has 2 amide bonds. The van der Waals surface area contributed by atoms with Crippen LogP contribution in [0.1, 0.15) is 23.6 Å². The molecule has 0 aliphatic heterocycles. The van der Waals surface area contributed by atoms with Gasteiger partial charge in [0.05, 0.1) is 26.7 Å². The molecule has 0 saturated heterocycles. The van der Waals surface area contributed by atoms with Crippen molar-refractivity contribution in [1.82, 2.24) is 9.88 Å². The topological polar surface area (TPSA) is 139 Å². The number of hydrogen-bond donors (Lipinski definition) is 4. The number of carbonyl (C=O) groups excluding carboxylic acids is 1. The summed E-state index contributed by atoms with van der Waals surface area (Å²) in [6, 6.07) is 10.5. The molecule has 4 N–H and O–H groups in total. The first kappa shape index (κ1) is 25.2. The third-order valence-electron chi connectivity index (χ3n) is 5.46. The Morgan fingerprint density at radius 2 is 1.86 bits per heavy atom. The van der Waals surface area contributed by atoms with Gasteiger partial charge in [-0.15, -0.1) is 0 Å². The summed E-state index contributed by atoms with van der Waals surface area (Å²) in [5.41, 5.74) is 1.43. The molecule has 10 nitrogen and oxygen atoms in total. The second-order valence-corrected chi connectivity index (χ2v) is 7.89. The van der Waals surface area contributed by atoms with Gasteiger partial charge in [0.15, 0.2) is 5.69 Å². The molecule has 35 heavy (non-hydrogen) atoms. The van der Waals surface area contributed by atoms with Gasteiger partial charge in [-0.2, -0.15) is 0 Å². The van der Waals surface area contributed by atoms with E-state index in [1.807, 2.05) is 18.2 Å². The number of carboxylic acid groups (broad SMARTS) is 1. The van der Waals surface area contributed by atoms with Crippen molar-refractivity contribution in [1.29, 1.82) is 0 Å². The lowest BCUT2D eigenvalue weighted by atomic mass is 9.96. The summed E-state index contributed by atoms with van der Waals surface area (Å²) >= 11 is 0. The number of carbonyl (C=O) groups is 2. The van der Waals surface area contributed by atoms with Gasteiger partial charge in [0, 0.05) is 24.4 Å². The van der Waals surface area contributed by atoms with E-state index < -0.39 is 30.0 Å². The van der Waals surface area contributed by atoms with Crippen LogP contribution in [0.4, 0.5) is 10.5 Å². The number of urea groups is 1. The summed E-state index contributed by atoms with van der Waals surface area (Å²) in [5.74, 6) is -0.311. The Morgan fingerprint density at radius 3 is 2.51 bits per heavy atom. The number of rotatable bonds is 8. The molecule has 1 aromatic heterocycles. The van der Waals surface area contributed by atoms with E-state index in [-0.39, 0.29) is 11.4 Å². The molecule has 0 unspecified atom stereocenters. The third kappa shape index (κ3) is 5.72. The maximum absolute atomic E-state index is 12.8. The Balaban J connectivity index is 1.96. The molecular weight excluding hydrogens is 454 g/mol. The van der Waals surface area contributed by atoms with Crippen molar-refractivity contribution >= 4 is 17.7 Å². The monoisotopic (exact) mass is 481 g/mol. The lowest BCUT2D eigenvalue weighted by Crippen LogP contribution is -2.36. The Labute approximate surface area is 201 Å². The van der Waals surface area contributed by atoms with E-state index >= 15 is 0 Å². The number of carboxylic acids is 1. The number of aromatic nitrogens is 1. The molecule has 0 saturated carbocycles. The molecule has 3 rings (SSSR count). The van der Waals surface area contributed by atoms with Crippen LogP contribution in [0.2, 0.25) is 0 Å². The predicted molar refractivity (Wildman–Crippen MR) is 130 cm³/mol. The molecule has 0 bridgehead atoms. The van der Waals surface area contributed by atoms with E-state index in [9.17, 15) is 24.6 Å². The van der Waals surface area contributed by atoms with Gasteiger partial charge < -0.3 is 34.9 Å². The minimum atomic E-state index is -1.14. The van der Waals surface area contributed by atoms with Crippen LogP contribution in [-0.4, -0.2) is 41.0 Å². The smallest absolute Gasteiger partial charge is 0.319 e. The zero-order valence-corrected chi connectivity index (χ0v) is 19.8. The van der Waals surface area contributed by atoms with Crippen molar-refractivity contribution in [2.24, 2.45) is 7.05 Å². The van der Waals surface area contributed by atoms with Gasteiger partial charge in [-0.05, 0) is 42.3 Å². The number of anilines is 1. The highest BCUT2D eigenvalue weighted by Crippen LogP contribution is 2.35. The van der Waals surface area contributed by atoms with Crippen LogP contribution in [0.15, 0.2) is 53.5 Å². The Hall–Kier alpha value is -4.47. The van der Waals surface area contributed by atoms with Crippen LogP contribution in [0.3, 0.4) is 0 Å². The van der Waals surface area contributed by atoms with E-state index in [1.165, 1.54) is 24.9 Å². The number of aromatic hydroxyl groups is 1. The van der Waals surface area contributed by atoms with Crippen molar-refractivity contribution in [2.45, 2.75) is 19.4 Å². The van der Waals surface area contributed by atoms with Gasteiger partial charge in [0.1, 0.15) is 17.2 Å². The second-order valence-electron chi connectivity index (χ2n) is 7.89. The zero-order chi connectivity index (χ0) is 25.7. The molecule has 1 atom stereocenters. The first-order valence-corrected chi connectivity index (χ1v) is 10.7. The average Bonchev–Trinajstić information content (AvgIpc) is 2.84. The van der Waals surface area contributed by atoms with Crippen LogP contribution in [0.5, 0.6) is 17.2 Å². The summed E-state index contributed by atoms with van der Waals surface area (Å²) in [6.07, 6.45) is 1.01. The number of methoxy groups -OCH3 is 2. The lowest BCUT2D eigenvalue weighted by Gasteiger charge is -2.20. The first-order valence-electron chi connectivity index (χ1n) is 10.7. The number of ether oxygens (including phenoxy) is 2. The number of amides is 2. The molecule has 3 aromatic rings. The highest BCUT2D eigenvalue weighted by molar-refractivity contribution is 5.91. The van der Waals surface area contributed by atoms with E-state index in [0.717, 1.165) is 5.56 Å². The summed E-state index contributed by atoms with van der Waals surface area (Å²) in [5, 5.41) is 24.6. The van der Waals surface area contributed by atoms with Gasteiger partial charge in [-0.25, -0.2) is 4.79 Å². The molecular formula is C25H27N3O7. The molecule has 184 valence electrons. The van der Waals surface area contributed by atoms with Gasteiger partial charge >= 0.3 is 12.0 Å². The summed E-state index contributed by atoms with van der Waals surface area (Å²) in [7, 11) is 4.56. The highest BCUT2D eigenvalue weighted by atomic mass is 16.5. The van der Waals surface area contributed by atoms with E-state index in [4.69, 9.17) is 9.47 Å². The minimum absolute atomic E-state index is 0.300. The van der Waals surface area contributed by atoms with Crippen molar-refractivity contribution in [3.63, 3.8) is 0 Å². The normalized spacial score (nSPS) is 11.4. The fourth-order valence-corrected chi connectivity index (χ4v) is 3.69. The number of nitrogens with zero attached hydrogens (tertiary/aromatic N) is 1. The fourth-order valence-electron chi connectivity index (χ4n) is 3.69. The Kier molecular flexibility index (Phi) is 7.65. The lowest BCUT2D eigenvalue weighted by molar-refractivity contribution is -0.137. The largest absolute Gasteiger partial charge is 0.505 e. The molecule has 0 fully saturated rings. The summed E-state index contributed by atoms with van der Waals surface area (Å²) in [6.45, 7) is 1.59. The Morgan fingerprint density at radius 1 is 1.11 bits per heavy atom.